The van der Waals surface area contributed by atoms with E-state index in [9.17, 15) is 9.59 Å². The average molecular weight is 479 g/mol. The van der Waals surface area contributed by atoms with E-state index in [1.807, 2.05) is 48.5 Å². The van der Waals surface area contributed by atoms with Gasteiger partial charge in [0.2, 0.25) is 5.91 Å². The van der Waals surface area contributed by atoms with Crippen LogP contribution in [0, 0.1) is 0 Å². The van der Waals surface area contributed by atoms with Crippen molar-refractivity contribution in [1.82, 2.24) is 20.0 Å². The molecular formula is C26H30N4O5. The third kappa shape index (κ3) is 4.72. The number of methoxy groups -OCH3 is 3. The molecule has 9 nitrogen and oxygen atoms in total. The summed E-state index contributed by atoms with van der Waals surface area (Å²) < 4.78 is 17.5. The Morgan fingerprint density at radius 2 is 1.83 bits per heavy atom. The molecule has 1 atom stereocenters. The molecule has 1 aliphatic rings. The molecule has 184 valence electrons. The Labute approximate surface area is 204 Å². The van der Waals surface area contributed by atoms with Crippen molar-refractivity contribution in [3.8, 4) is 22.8 Å². The molecule has 0 saturated carbocycles. The second kappa shape index (κ2) is 10.2. The number of amides is 2. The number of fused-ring (bicyclic) bond motifs is 1. The Balaban J connectivity index is 1.62. The number of para-hydroxylation sites is 1. The molecule has 0 bridgehead atoms. The van der Waals surface area contributed by atoms with E-state index in [4.69, 9.17) is 14.2 Å². The maximum Gasteiger partial charge on any atom is 0.273 e. The van der Waals surface area contributed by atoms with Crippen LogP contribution in [-0.4, -0.2) is 66.5 Å². The van der Waals surface area contributed by atoms with E-state index in [2.05, 4.69) is 10.4 Å². The first-order chi connectivity index (χ1) is 16.9. The molecule has 35 heavy (non-hydrogen) atoms. The summed E-state index contributed by atoms with van der Waals surface area (Å²) in [4.78, 5) is 28.7. The Morgan fingerprint density at radius 1 is 1.09 bits per heavy atom. The highest BCUT2D eigenvalue weighted by atomic mass is 16.5. The van der Waals surface area contributed by atoms with Crippen molar-refractivity contribution in [1.29, 1.82) is 0 Å². The van der Waals surface area contributed by atoms with E-state index in [1.54, 1.807) is 43.9 Å². The van der Waals surface area contributed by atoms with E-state index in [1.165, 1.54) is 0 Å². The highest BCUT2D eigenvalue weighted by Crippen LogP contribution is 2.31. The summed E-state index contributed by atoms with van der Waals surface area (Å²) >= 11 is 0. The lowest BCUT2D eigenvalue weighted by Gasteiger charge is -2.43. The largest absolute Gasteiger partial charge is 0.497 e. The van der Waals surface area contributed by atoms with Crippen molar-refractivity contribution in [2.24, 2.45) is 0 Å². The zero-order valence-electron chi connectivity index (χ0n) is 20.4. The third-order valence-corrected chi connectivity index (χ3v) is 6.32. The maximum atomic E-state index is 13.6. The van der Waals surface area contributed by atoms with Crippen molar-refractivity contribution < 1.29 is 23.8 Å². The van der Waals surface area contributed by atoms with Gasteiger partial charge in [0.15, 0.2) is 0 Å². The standard InChI is InChI=1S/C26H30N4O5/c1-26(25(32)27-16-19-7-5-6-8-23(19)35-4)17-30-22(24(31)29(26)13-14-33-2)15-21(28-30)18-9-11-20(34-3)12-10-18/h5-12,15H,13-14,16-17H2,1-4H3,(H,27,32)/t26-/m0/s1. The van der Waals surface area contributed by atoms with Gasteiger partial charge in [-0.25, -0.2) is 0 Å². The predicted molar refractivity (Wildman–Crippen MR) is 130 cm³/mol. The van der Waals surface area contributed by atoms with Crippen molar-refractivity contribution in [3.63, 3.8) is 0 Å². The van der Waals surface area contributed by atoms with Crippen molar-refractivity contribution in [2.45, 2.75) is 25.6 Å². The summed E-state index contributed by atoms with van der Waals surface area (Å²) in [5.74, 6) is 0.877. The van der Waals surface area contributed by atoms with Crippen LogP contribution in [0.5, 0.6) is 11.5 Å². The van der Waals surface area contributed by atoms with Crippen LogP contribution in [-0.2, 0) is 22.6 Å². The summed E-state index contributed by atoms with van der Waals surface area (Å²) in [5.41, 5.74) is 1.63. The van der Waals surface area contributed by atoms with Crippen LogP contribution in [0.4, 0.5) is 0 Å². The quantitative estimate of drug-likeness (QED) is 0.508. The molecule has 4 rings (SSSR count). The number of rotatable bonds is 9. The van der Waals surface area contributed by atoms with Crippen LogP contribution in [0.3, 0.4) is 0 Å². The lowest BCUT2D eigenvalue weighted by atomic mass is 9.94. The average Bonchev–Trinajstić information content (AvgIpc) is 3.31. The van der Waals surface area contributed by atoms with Crippen molar-refractivity contribution in [2.75, 3.05) is 34.5 Å². The molecule has 2 amide bonds. The topological polar surface area (TPSA) is 94.9 Å². The second-order valence-corrected chi connectivity index (χ2v) is 8.52. The number of carbonyl (C=O) groups excluding carboxylic acids is 2. The van der Waals surface area contributed by atoms with Crippen molar-refractivity contribution >= 4 is 11.8 Å². The van der Waals surface area contributed by atoms with E-state index < -0.39 is 5.54 Å². The van der Waals surface area contributed by atoms with E-state index >= 15 is 0 Å². The van der Waals surface area contributed by atoms with Gasteiger partial charge in [-0.15, -0.1) is 0 Å². The fourth-order valence-corrected chi connectivity index (χ4v) is 4.29. The van der Waals surface area contributed by atoms with Crippen LogP contribution in [0.15, 0.2) is 54.6 Å². The van der Waals surface area contributed by atoms with Gasteiger partial charge in [0, 0.05) is 31.3 Å². The smallest absolute Gasteiger partial charge is 0.273 e. The SMILES string of the molecule is COCCN1C(=O)c2cc(-c3ccc(OC)cc3)nn2C[C@@]1(C)C(=O)NCc1ccccc1OC. The number of carbonyl (C=O) groups is 2. The van der Waals surface area contributed by atoms with Crippen LogP contribution < -0.4 is 14.8 Å². The summed E-state index contributed by atoms with van der Waals surface area (Å²) in [7, 11) is 4.77. The monoisotopic (exact) mass is 478 g/mol. The first-order valence-corrected chi connectivity index (χ1v) is 11.3. The van der Waals surface area contributed by atoms with Crippen LogP contribution >= 0.6 is 0 Å². The Bertz CT molecular complexity index is 1210. The minimum absolute atomic E-state index is 0.214. The maximum absolute atomic E-state index is 13.6. The molecule has 2 heterocycles. The lowest BCUT2D eigenvalue weighted by Crippen LogP contribution is -2.64. The number of ether oxygens (including phenoxy) is 3. The Kier molecular flexibility index (Phi) is 7.07. The number of benzene rings is 2. The third-order valence-electron chi connectivity index (χ3n) is 6.32. The van der Waals surface area contributed by atoms with E-state index in [0.717, 1.165) is 16.9 Å². The Hall–Kier alpha value is -3.85. The van der Waals surface area contributed by atoms with Gasteiger partial charge in [-0.05, 0) is 43.3 Å². The number of nitrogens with zero attached hydrogens (tertiary/aromatic N) is 3. The second-order valence-electron chi connectivity index (χ2n) is 8.52. The van der Waals surface area contributed by atoms with Gasteiger partial charge >= 0.3 is 0 Å². The predicted octanol–water partition coefficient (Wildman–Crippen LogP) is 2.74. The van der Waals surface area contributed by atoms with Gasteiger partial charge in [0.25, 0.3) is 5.91 Å². The van der Waals surface area contributed by atoms with Gasteiger partial charge in [0.1, 0.15) is 22.7 Å². The minimum Gasteiger partial charge on any atom is -0.497 e. The van der Waals surface area contributed by atoms with Crippen LogP contribution in [0.2, 0.25) is 0 Å². The summed E-state index contributed by atoms with van der Waals surface area (Å²) in [6.07, 6.45) is 0. The fraction of sp³-hybridized carbons (Fsp3) is 0.346. The first-order valence-electron chi connectivity index (χ1n) is 11.3. The highest BCUT2D eigenvalue weighted by molar-refractivity contribution is 6.00. The number of aromatic nitrogens is 2. The zero-order valence-corrected chi connectivity index (χ0v) is 20.4. The molecule has 1 aliphatic heterocycles. The molecule has 0 unspecified atom stereocenters. The molecule has 0 aliphatic carbocycles. The van der Waals surface area contributed by atoms with Gasteiger partial charge in [-0.1, -0.05) is 18.2 Å². The molecule has 1 aromatic heterocycles. The van der Waals surface area contributed by atoms with Gasteiger partial charge in [-0.3, -0.25) is 14.3 Å². The van der Waals surface area contributed by atoms with E-state index in [-0.39, 0.29) is 31.4 Å². The van der Waals surface area contributed by atoms with Gasteiger partial charge in [0.05, 0.1) is 33.1 Å². The molecule has 0 spiro atoms. The number of hydrogen-bond donors (Lipinski definition) is 1. The first kappa shape index (κ1) is 24.3. The Morgan fingerprint density at radius 3 is 2.51 bits per heavy atom. The molecule has 9 heteroatoms. The number of hydrogen-bond acceptors (Lipinski definition) is 6. The van der Waals surface area contributed by atoms with E-state index in [0.29, 0.717) is 23.7 Å². The minimum atomic E-state index is -1.16. The zero-order chi connectivity index (χ0) is 25.0. The molecular weight excluding hydrogens is 448 g/mol. The molecule has 3 aromatic rings. The lowest BCUT2D eigenvalue weighted by molar-refractivity contribution is -0.133. The van der Waals surface area contributed by atoms with Gasteiger partial charge < -0.3 is 24.4 Å². The summed E-state index contributed by atoms with van der Waals surface area (Å²) in [6, 6.07) is 16.7. The van der Waals surface area contributed by atoms with Crippen molar-refractivity contribution in [3.05, 3.63) is 65.9 Å². The normalized spacial score (nSPS) is 17.1. The summed E-state index contributed by atoms with van der Waals surface area (Å²) in [5, 5.41) is 7.65. The van der Waals surface area contributed by atoms with Gasteiger partial charge in [-0.2, -0.15) is 5.10 Å². The molecule has 2 aromatic carbocycles. The molecule has 0 radical (unpaired) electrons. The molecule has 0 fully saturated rings. The number of nitrogens with one attached hydrogen (secondary N) is 1. The molecule has 0 saturated heterocycles. The fourth-order valence-electron chi connectivity index (χ4n) is 4.29. The van der Waals surface area contributed by atoms with Crippen LogP contribution in [0.25, 0.3) is 11.3 Å². The van der Waals surface area contributed by atoms with Crippen LogP contribution in [0.1, 0.15) is 23.0 Å². The molecule has 1 N–H and O–H groups in total. The summed E-state index contributed by atoms with van der Waals surface area (Å²) in [6.45, 7) is 2.83. The highest BCUT2D eigenvalue weighted by Gasteiger charge is 2.47.